The Labute approximate surface area is 111 Å². The summed E-state index contributed by atoms with van der Waals surface area (Å²) in [5.74, 6) is 0.770. The molecule has 1 aliphatic carbocycles. The summed E-state index contributed by atoms with van der Waals surface area (Å²) in [6.45, 7) is 4.58. The van der Waals surface area contributed by atoms with Gasteiger partial charge in [0.15, 0.2) is 0 Å². The molecular weight excluding hydrogens is 228 g/mol. The molecule has 0 spiro atoms. The van der Waals surface area contributed by atoms with Gasteiger partial charge in [-0.2, -0.15) is 0 Å². The van der Waals surface area contributed by atoms with Crippen LogP contribution in [0.2, 0.25) is 0 Å². The molecule has 0 aromatic rings. The van der Waals surface area contributed by atoms with E-state index in [9.17, 15) is 9.90 Å². The normalized spacial score (nSPS) is 25.6. The number of hydrogen-bond donors (Lipinski definition) is 2. The monoisotopic (exact) mass is 256 g/mol. The number of aliphatic hydroxyl groups excluding tert-OH is 1. The Kier molecular flexibility index (Phi) is 6.47. The van der Waals surface area contributed by atoms with Crippen LogP contribution in [0.3, 0.4) is 0 Å². The molecule has 0 radical (unpaired) electrons. The highest BCUT2D eigenvalue weighted by molar-refractivity contribution is 5.74. The Morgan fingerprint density at radius 2 is 2.22 bits per heavy atom. The Bertz CT molecular complexity index is 256. The highest BCUT2D eigenvalue weighted by Gasteiger charge is 2.23. The Morgan fingerprint density at radius 3 is 2.83 bits per heavy atom. The summed E-state index contributed by atoms with van der Waals surface area (Å²) in [5, 5.41) is 12.3. The first kappa shape index (κ1) is 15.3. The van der Waals surface area contributed by atoms with Gasteiger partial charge >= 0.3 is 6.03 Å². The molecule has 1 rings (SSSR count). The predicted octanol–water partition coefficient (Wildman–Crippen LogP) is 2.37. The van der Waals surface area contributed by atoms with Crippen molar-refractivity contribution in [3.63, 3.8) is 0 Å². The first-order valence-corrected chi connectivity index (χ1v) is 7.22. The minimum Gasteiger partial charge on any atom is -0.393 e. The van der Waals surface area contributed by atoms with E-state index in [0.29, 0.717) is 19.0 Å². The van der Waals surface area contributed by atoms with Crippen LogP contribution in [0.25, 0.3) is 0 Å². The molecule has 106 valence electrons. The second kappa shape index (κ2) is 7.62. The lowest BCUT2D eigenvalue weighted by Crippen LogP contribution is -2.45. The van der Waals surface area contributed by atoms with Crippen molar-refractivity contribution in [2.75, 3.05) is 13.6 Å². The van der Waals surface area contributed by atoms with Crippen LogP contribution in [-0.4, -0.2) is 41.8 Å². The van der Waals surface area contributed by atoms with Gasteiger partial charge in [-0.05, 0) is 32.1 Å². The molecule has 0 bridgehead atoms. The van der Waals surface area contributed by atoms with Crippen LogP contribution in [-0.2, 0) is 0 Å². The van der Waals surface area contributed by atoms with Gasteiger partial charge in [-0.3, -0.25) is 0 Å². The van der Waals surface area contributed by atoms with E-state index >= 15 is 0 Å². The molecule has 4 heteroatoms. The zero-order valence-electron chi connectivity index (χ0n) is 12.0. The number of aliphatic hydroxyl groups is 1. The summed E-state index contributed by atoms with van der Waals surface area (Å²) < 4.78 is 0. The number of urea groups is 1. The van der Waals surface area contributed by atoms with E-state index in [1.165, 1.54) is 19.3 Å². The Hall–Kier alpha value is -0.770. The lowest BCUT2D eigenvalue weighted by Gasteiger charge is -2.30. The third-order valence-corrected chi connectivity index (χ3v) is 3.92. The molecule has 18 heavy (non-hydrogen) atoms. The maximum atomic E-state index is 12.0. The van der Waals surface area contributed by atoms with E-state index in [1.807, 2.05) is 0 Å². The van der Waals surface area contributed by atoms with Gasteiger partial charge in [0.25, 0.3) is 0 Å². The van der Waals surface area contributed by atoms with Crippen LogP contribution in [0.5, 0.6) is 0 Å². The lowest BCUT2D eigenvalue weighted by atomic mass is 9.84. The van der Waals surface area contributed by atoms with Crippen molar-refractivity contribution < 1.29 is 9.90 Å². The summed E-state index contributed by atoms with van der Waals surface area (Å²) in [6.07, 6.45) is 6.25. The number of rotatable bonds is 5. The van der Waals surface area contributed by atoms with Crippen molar-refractivity contribution in [1.29, 1.82) is 0 Å². The van der Waals surface area contributed by atoms with E-state index in [1.54, 1.807) is 18.9 Å². The van der Waals surface area contributed by atoms with Crippen LogP contribution in [0.15, 0.2) is 0 Å². The van der Waals surface area contributed by atoms with Crippen molar-refractivity contribution in [2.45, 2.75) is 64.5 Å². The quantitative estimate of drug-likeness (QED) is 0.793. The van der Waals surface area contributed by atoms with E-state index in [-0.39, 0.29) is 12.1 Å². The minimum atomic E-state index is -0.348. The maximum absolute atomic E-state index is 12.0. The lowest BCUT2D eigenvalue weighted by molar-refractivity contribution is 0.160. The second-order valence-corrected chi connectivity index (χ2v) is 5.65. The SMILES string of the molecule is CCC1CCCC(NC(=O)N(C)CCC(C)O)C1. The third-order valence-electron chi connectivity index (χ3n) is 3.92. The van der Waals surface area contributed by atoms with Crippen LogP contribution >= 0.6 is 0 Å². The number of carbonyl (C=O) groups is 1. The topological polar surface area (TPSA) is 52.6 Å². The summed E-state index contributed by atoms with van der Waals surface area (Å²) >= 11 is 0. The third kappa shape index (κ3) is 5.25. The Balaban J connectivity index is 2.30. The van der Waals surface area contributed by atoms with E-state index in [0.717, 1.165) is 18.8 Å². The smallest absolute Gasteiger partial charge is 0.317 e. The predicted molar refractivity (Wildman–Crippen MR) is 73.5 cm³/mol. The van der Waals surface area contributed by atoms with Crippen LogP contribution < -0.4 is 5.32 Å². The molecule has 1 saturated carbocycles. The molecule has 2 amide bonds. The number of nitrogens with zero attached hydrogens (tertiary/aromatic N) is 1. The summed E-state index contributed by atoms with van der Waals surface area (Å²) in [4.78, 5) is 13.6. The van der Waals surface area contributed by atoms with Crippen molar-refractivity contribution in [3.8, 4) is 0 Å². The molecular formula is C14H28N2O2. The zero-order valence-corrected chi connectivity index (χ0v) is 12.0. The van der Waals surface area contributed by atoms with Crippen LogP contribution in [0, 0.1) is 5.92 Å². The molecule has 0 saturated heterocycles. The van der Waals surface area contributed by atoms with Crippen molar-refractivity contribution in [1.82, 2.24) is 10.2 Å². The molecule has 0 aliphatic heterocycles. The first-order chi connectivity index (χ1) is 8.52. The van der Waals surface area contributed by atoms with Gasteiger partial charge in [0, 0.05) is 19.6 Å². The summed E-state index contributed by atoms with van der Waals surface area (Å²) in [6, 6.07) is 0.336. The number of amides is 2. The van der Waals surface area contributed by atoms with Crippen LogP contribution in [0.4, 0.5) is 4.79 Å². The molecule has 0 aromatic heterocycles. The highest BCUT2D eigenvalue weighted by Crippen LogP contribution is 2.26. The number of hydrogen-bond acceptors (Lipinski definition) is 2. The van der Waals surface area contributed by atoms with E-state index in [2.05, 4.69) is 12.2 Å². The molecule has 3 unspecified atom stereocenters. The van der Waals surface area contributed by atoms with Crippen molar-refractivity contribution >= 4 is 6.03 Å². The maximum Gasteiger partial charge on any atom is 0.317 e. The zero-order chi connectivity index (χ0) is 13.5. The van der Waals surface area contributed by atoms with Gasteiger partial charge in [-0.1, -0.05) is 26.2 Å². The van der Waals surface area contributed by atoms with Crippen molar-refractivity contribution in [3.05, 3.63) is 0 Å². The molecule has 1 fully saturated rings. The fourth-order valence-corrected chi connectivity index (χ4v) is 2.56. The highest BCUT2D eigenvalue weighted by atomic mass is 16.3. The fourth-order valence-electron chi connectivity index (χ4n) is 2.56. The van der Waals surface area contributed by atoms with Gasteiger partial charge < -0.3 is 15.3 Å². The van der Waals surface area contributed by atoms with Gasteiger partial charge in [0.2, 0.25) is 0 Å². The average molecular weight is 256 g/mol. The molecule has 0 aromatic carbocycles. The summed E-state index contributed by atoms with van der Waals surface area (Å²) in [7, 11) is 1.79. The largest absolute Gasteiger partial charge is 0.393 e. The standard InChI is InChI=1S/C14H28N2O2/c1-4-12-6-5-7-13(10-12)15-14(18)16(3)9-8-11(2)17/h11-13,17H,4-10H2,1-3H3,(H,15,18). The molecule has 4 nitrogen and oxygen atoms in total. The van der Waals surface area contributed by atoms with Crippen LogP contribution in [0.1, 0.15) is 52.4 Å². The van der Waals surface area contributed by atoms with Gasteiger partial charge in [0.1, 0.15) is 0 Å². The number of carbonyl (C=O) groups excluding carboxylic acids is 1. The molecule has 0 heterocycles. The first-order valence-electron chi connectivity index (χ1n) is 7.22. The summed E-state index contributed by atoms with van der Waals surface area (Å²) in [5.41, 5.74) is 0. The minimum absolute atomic E-state index is 0.00240. The molecule has 2 N–H and O–H groups in total. The van der Waals surface area contributed by atoms with E-state index < -0.39 is 0 Å². The molecule has 3 atom stereocenters. The van der Waals surface area contributed by atoms with Crippen molar-refractivity contribution in [2.24, 2.45) is 5.92 Å². The second-order valence-electron chi connectivity index (χ2n) is 5.65. The number of nitrogens with one attached hydrogen (secondary N) is 1. The van der Waals surface area contributed by atoms with Gasteiger partial charge in [-0.15, -0.1) is 0 Å². The molecule has 1 aliphatic rings. The average Bonchev–Trinajstić information content (AvgIpc) is 2.36. The van der Waals surface area contributed by atoms with Gasteiger partial charge in [0.05, 0.1) is 6.10 Å². The Morgan fingerprint density at radius 1 is 1.50 bits per heavy atom. The van der Waals surface area contributed by atoms with Gasteiger partial charge in [-0.25, -0.2) is 4.79 Å². The fraction of sp³-hybridized carbons (Fsp3) is 0.929. The van der Waals surface area contributed by atoms with E-state index in [4.69, 9.17) is 0 Å².